The van der Waals surface area contributed by atoms with Crippen molar-refractivity contribution in [3.05, 3.63) is 0 Å². The van der Waals surface area contributed by atoms with Crippen LogP contribution in [0.4, 0.5) is 0 Å². The van der Waals surface area contributed by atoms with E-state index in [9.17, 15) is 0 Å². The summed E-state index contributed by atoms with van der Waals surface area (Å²) >= 11 is 0. The molecule has 0 N–H and O–H groups in total. The molecule has 0 unspecified atom stereocenters. The Hall–Kier alpha value is 0. The minimum atomic E-state index is 1.12. The van der Waals surface area contributed by atoms with Gasteiger partial charge in [0.1, 0.15) is 0 Å². The van der Waals surface area contributed by atoms with Gasteiger partial charge in [-0.15, -0.1) is 0 Å². The van der Waals surface area contributed by atoms with E-state index in [1.54, 1.807) is 25.7 Å². The molecule has 0 saturated heterocycles. The molecule has 1 fully saturated rings. The normalized spacial score (nSPS) is 24.4. The number of hydrogen-bond donors (Lipinski definition) is 0. The van der Waals surface area contributed by atoms with Crippen LogP contribution in [0.15, 0.2) is 0 Å². The lowest BCUT2D eigenvalue weighted by atomic mass is 9.69. The maximum atomic E-state index is 2.31. The Morgan fingerprint density at radius 3 is 1.38 bits per heavy atom. The Kier molecular flexibility index (Phi) is 7.98. The first kappa shape index (κ1) is 14.1. The van der Waals surface area contributed by atoms with Gasteiger partial charge in [0.25, 0.3) is 0 Å². The average molecular weight is 224 g/mol. The van der Waals surface area contributed by atoms with Crippen LogP contribution in [0.3, 0.4) is 0 Å². The van der Waals surface area contributed by atoms with Gasteiger partial charge in [0.05, 0.1) is 0 Å². The van der Waals surface area contributed by atoms with Crippen LogP contribution in [-0.4, -0.2) is 0 Å². The van der Waals surface area contributed by atoms with Crippen LogP contribution in [0, 0.1) is 11.8 Å². The van der Waals surface area contributed by atoms with E-state index in [0.29, 0.717) is 0 Å². The Labute approximate surface area is 103 Å². The molecule has 0 heterocycles. The van der Waals surface area contributed by atoms with Gasteiger partial charge < -0.3 is 0 Å². The fourth-order valence-corrected chi connectivity index (χ4v) is 3.06. The highest BCUT2D eigenvalue weighted by Gasteiger charge is 2.29. The van der Waals surface area contributed by atoms with Crippen LogP contribution < -0.4 is 0 Å². The minimum absolute atomic E-state index is 1.12. The molecule has 0 bridgehead atoms. The van der Waals surface area contributed by atoms with Crippen molar-refractivity contribution >= 4 is 0 Å². The topological polar surface area (TPSA) is 0 Å². The summed E-state index contributed by atoms with van der Waals surface area (Å²) in [5.41, 5.74) is 0. The van der Waals surface area contributed by atoms with E-state index in [2.05, 4.69) is 13.8 Å². The van der Waals surface area contributed by atoms with Crippen LogP contribution in [0.25, 0.3) is 0 Å². The first-order valence-corrected chi connectivity index (χ1v) is 7.88. The lowest BCUT2D eigenvalue weighted by Gasteiger charge is -2.37. The van der Waals surface area contributed by atoms with Crippen LogP contribution in [-0.2, 0) is 0 Å². The van der Waals surface area contributed by atoms with Gasteiger partial charge in [-0.25, -0.2) is 0 Å². The van der Waals surface area contributed by atoms with Crippen molar-refractivity contribution < 1.29 is 0 Å². The highest BCUT2D eigenvalue weighted by molar-refractivity contribution is 4.80. The molecule has 0 aromatic heterocycles. The van der Waals surface area contributed by atoms with E-state index < -0.39 is 0 Å². The molecule has 0 aromatic carbocycles. The van der Waals surface area contributed by atoms with Gasteiger partial charge >= 0.3 is 0 Å². The van der Waals surface area contributed by atoms with Crippen molar-refractivity contribution in [3.8, 4) is 0 Å². The van der Waals surface area contributed by atoms with Gasteiger partial charge in [-0.05, 0) is 24.7 Å². The van der Waals surface area contributed by atoms with Gasteiger partial charge in [-0.1, -0.05) is 78.1 Å². The first-order chi connectivity index (χ1) is 7.88. The van der Waals surface area contributed by atoms with Crippen LogP contribution in [0.2, 0.25) is 0 Å². The maximum Gasteiger partial charge on any atom is -0.0386 e. The average Bonchev–Trinajstić information content (AvgIpc) is 2.27. The maximum absolute atomic E-state index is 2.31. The third-order valence-electron chi connectivity index (χ3n) is 4.43. The fraction of sp³-hybridized carbons (Fsp3) is 1.00. The molecule has 16 heavy (non-hydrogen) atoms. The second-order valence-corrected chi connectivity index (χ2v) is 5.80. The Bertz CT molecular complexity index is 132. The van der Waals surface area contributed by atoms with Crippen molar-refractivity contribution in [1.82, 2.24) is 0 Å². The quantitative estimate of drug-likeness (QED) is 0.402. The van der Waals surface area contributed by atoms with Gasteiger partial charge in [0.15, 0.2) is 0 Å². The SMILES string of the molecule is CCCCCC[C@@H]1CC[C@H]1CCCCCC. The van der Waals surface area contributed by atoms with Crippen molar-refractivity contribution in [3.63, 3.8) is 0 Å². The molecule has 1 aliphatic carbocycles. The molecule has 0 radical (unpaired) electrons. The molecule has 0 aliphatic heterocycles. The molecule has 1 saturated carbocycles. The minimum Gasteiger partial charge on any atom is -0.0654 e. The second-order valence-electron chi connectivity index (χ2n) is 5.80. The number of unbranched alkanes of at least 4 members (excludes halogenated alkanes) is 6. The predicted molar refractivity (Wildman–Crippen MR) is 73.7 cm³/mol. The van der Waals surface area contributed by atoms with Crippen molar-refractivity contribution in [2.24, 2.45) is 11.8 Å². The molecule has 0 aromatic rings. The molecule has 1 aliphatic rings. The van der Waals surface area contributed by atoms with Crippen LogP contribution in [0.1, 0.15) is 90.9 Å². The van der Waals surface area contributed by atoms with Crippen molar-refractivity contribution in [2.45, 2.75) is 90.9 Å². The fourth-order valence-electron chi connectivity index (χ4n) is 3.06. The van der Waals surface area contributed by atoms with E-state index in [0.717, 1.165) is 11.8 Å². The van der Waals surface area contributed by atoms with E-state index in [-0.39, 0.29) is 0 Å². The van der Waals surface area contributed by atoms with E-state index in [1.807, 2.05) is 0 Å². The molecule has 0 spiro atoms. The van der Waals surface area contributed by atoms with Crippen molar-refractivity contribution in [1.29, 1.82) is 0 Å². The molecule has 0 amide bonds. The summed E-state index contributed by atoms with van der Waals surface area (Å²) < 4.78 is 0. The zero-order valence-electron chi connectivity index (χ0n) is 11.6. The smallest absolute Gasteiger partial charge is 0.0386 e. The zero-order valence-corrected chi connectivity index (χ0v) is 11.6. The monoisotopic (exact) mass is 224 g/mol. The molecule has 96 valence electrons. The van der Waals surface area contributed by atoms with Gasteiger partial charge in [0, 0.05) is 0 Å². The third kappa shape index (κ3) is 5.37. The Morgan fingerprint density at radius 1 is 0.625 bits per heavy atom. The van der Waals surface area contributed by atoms with E-state index >= 15 is 0 Å². The summed E-state index contributed by atoms with van der Waals surface area (Å²) in [4.78, 5) is 0. The summed E-state index contributed by atoms with van der Waals surface area (Å²) in [6, 6.07) is 0. The van der Waals surface area contributed by atoms with Gasteiger partial charge in [-0.2, -0.15) is 0 Å². The number of rotatable bonds is 10. The van der Waals surface area contributed by atoms with Crippen LogP contribution in [0.5, 0.6) is 0 Å². The molecule has 2 atom stereocenters. The molecular formula is C16H32. The molecule has 0 nitrogen and oxygen atoms in total. The first-order valence-electron chi connectivity index (χ1n) is 7.88. The van der Waals surface area contributed by atoms with Crippen LogP contribution >= 0.6 is 0 Å². The third-order valence-corrected chi connectivity index (χ3v) is 4.43. The summed E-state index contributed by atoms with van der Waals surface area (Å²) in [7, 11) is 0. The number of hydrogen-bond acceptors (Lipinski definition) is 0. The van der Waals surface area contributed by atoms with Gasteiger partial charge in [-0.3, -0.25) is 0 Å². The lowest BCUT2D eigenvalue weighted by Crippen LogP contribution is -2.25. The lowest BCUT2D eigenvalue weighted by molar-refractivity contribution is 0.145. The standard InChI is InChI=1S/C16H32/c1-3-5-7-9-11-15-13-14-16(15)12-10-8-6-4-2/h15-16H,3-14H2,1-2H3/t15-,16-/m1/s1. The predicted octanol–water partition coefficient (Wildman–Crippen LogP) is 5.95. The molecule has 0 heteroatoms. The summed E-state index contributed by atoms with van der Waals surface area (Å²) in [5, 5.41) is 0. The highest BCUT2D eigenvalue weighted by Crippen LogP contribution is 2.41. The molecular weight excluding hydrogens is 192 g/mol. The van der Waals surface area contributed by atoms with Gasteiger partial charge in [0.2, 0.25) is 0 Å². The molecule has 1 rings (SSSR count). The van der Waals surface area contributed by atoms with E-state index in [1.165, 1.54) is 51.4 Å². The second kappa shape index (κ2) is 9.07. The highest BCUT2D eigenvalue weighted by atomic mass is 14.3. The van der Waals surface area contributed by atoms with Crippen molar-refractivity contribution in [2.75, 3.05) is 0 Å². The zero-order chi connectivity index (χ0) is 11.6. The Balaban J connectivity index is 1.93. The summed E-state index contributed by atoms with van der Waals surface area (Å²) in [6.07, 6.45) is 17.8. The van der Waals surface area contributed by atoms with E-state index in [4.69, 9.17) is 0 Å². The summed E-state index contributed by atoms with van der Waals surface area (Å²) in [6.45, 7) is 4.61. The largest absolute Gasteiger partial charge is 0.0654 e. The Morgan fingerprint density at radius 2 is 1.06 bits per heavy atom. The summed E-state index contributed by atoms with van der Waals surface area (Å²) in [5.74, 6) is 2.25.